The Bertz CT molecular complexity index is 493. The molecule has 21 heavy (non-hydrogen) atoms. The Morgan fingerprint density at radius 2 is 2.10 bits per heavy atom. The Balaban J connectivity index is 1.86. The fraction of sp³-hybridized carbons (Fsp3) is 0.533. The highest BCUT2D eigenvalue weighted by atomic mass is 16.5. The van der Waals surface area contributed by atoms with Crippen molar-refractivity contribution in [3.63, 3.8) is 0 Å². The van der Waals surface area contributed by atoms with Gasteiger partial charge in [0.2, 0.25) is 11.8 Å². The van der Waals surface area contributed by atoms with Crippen molar-refractivity contribution in [1.82, 2.24) is 15.2 Å². The number of pyridine rings is 1. The van der Waals surface area contributed by atoms with E-state index in [2.05, 4.69) is 10.3 Å². The highest BCUT2D eigenvalue weighted by Crippen LogP contribution is 2.12. The lowest BCUT2D eigenvalue weighted by atomic mass is 10.0. The van der Waals surface area contributed by atoms with E-state index in [-0.39, 0.29) is 17.9 Å². The number of aromatic nitrogens is 1. The number of hydrogen-bond donors (Lipinski definition) is 1. The Hall–Kier alpha value is -2.11. The van der Waals surface area contributed by atoms with Gasteiger partial charge in [-0.2, -0.15) is 0 Å². The molecule has 1 aromatic heterocycles. The Morgan fingerprint density at radius 3 is 2.62 bits per heavy atom. The zero-order valence-electron chi connectivity index (χ0n) is 12.5. The quantitative estimate of drug-likeness (QED) is 0.905. The van der Waals surface area contributed by atoms with Crippen LogP contribution in [0.5, 0.6) is 5.88 Å². The summed E-state index contributed by atoms with van der Waals surface area (Å²) in [6.07, 6.45) is 3.09. The van der Waals surface area contributed by atoms with Gasteiger partial charge in [0.05, 0.1) is 12.2 Å². The molecule has 1 aliphatic heterocycles. The predicted octanol–water partition coefficient (Wildman–Crippen LogP) is 1.22. The highest BCUT2D eigenvalue weighted by molar-refractivity contribution is 5.94. The molecule has 6 nitrogen and oxygen atoms in total. The molecular weight excluding hydrogens is 270 g/mol. The summed E-state index contributed by atoms with van der Waals surface area (Å²) in [5.41, 5.74) is 0.521. The van der Waals surface area contributed by atoms with Crippen LogP contribution in [0.4, 0.5) is 0 Å². The second-order valence-electron chi connectivity index (χ2n) is 5.07. The van der Waals surface area contributed by atoms with Crippen molar-refractivity contribution in [3.05, 3.63) is 23.9 Å². The lowest BCUT2D eigenvalue weighted by Crippen LogP contribution is -2.46. The topological polar surface area (TPSA) is 71.5 Å². The van der Waals surface area contributed by atoms with E-state index in [1.807, 2.05) is 6.92 Å². The van der Waals surface area contributed by atoms with Crippen molar-refractivity contribution in [1.29, 1.82) is 0 Å². The van der Waals surface area contributed by atoms with Crippen molar-refractivity contribution >= 4 is 11.8 Å². The molecule has 0 aromatic carbocycles. The molecule has 2 heterocycles. The molecule has 2 rings (SSSR count). The zero-order valence-corrected chi connectivity index (χ0v) is 12.5. The summed E-state index contributed by atoms with van der Waals surface area (Å²) in [5, 5.41) is 2.99. The van der Waals surface area contributed by atoms with Gasteiger partial charge in [-0.05, 0) is 25.8 Å². The lowest BCUT2D eigenvalue weighted by molar-refractivity contribution is -0.129. The number of ether oxygens (including phenoxy) is 1. The maximum Gasteiger partial charge on any atom is 0.253 e. The van der Waals surface area contributed by atoms with Gasteiger partial charge in [0, 0.05) is 38.3 Å². The Morgan fingerprint density at radius 1 is 1.38 bits per heavy atom. The predicted molar refractivity (Wildman–Crippen MR) is 78.1 cm³/mol. The average Bonchev–Trinajstić information content (AvgIpc) is 2.49. The molecular formula is C15H21N3O3. The molecule has 114 valence electrons. The first kappa shape index (κ1) is 15.3. The Kier molecular flexibility index (Phi) is 5.14. The molecule has 0 aliphatic carbocycles. The average molecular weight is 291 g/mol. The first-order chi connectivity index (χ1) is 10.1. The van der Waals surface area contributed by atoms with E-state index >= 15 is 0 Å². The van der Waals surface area contributed by atoms with Gasteiger partial charge in [0.25, 0.3) is 5.91 Å². The van der Waals surface area contributed by atoms with Gasteiger partial charge in [-0.25, -0.2) is 4.98 Å². The van der Waals surface area contributed by atoms with Crippen LogP contribution in [0.15, 0.2) is 18.3 Å². The van der Waals surface area contributed by atoms with Crippen molar-refractivity contribution in [3.8, 4) is 5.88 Å². The van der Waals surface area contributed by atoms with E-state index in [1.165, 1.54) is 6.20 Å². The molecule has 0 bridgehead atoms. The van der Waals surface area contributed by atoms with Gasteiger partial charge in [0.1, 0.15) is 0 Å². The number of piperidine rings is 1. The molecule has 1 fully saturated rings. The van der Waals surface area contributed by atoms with E-state index in [9.17, 15) is 9.59 Å². The van der Waals surface area contributed by atoms with Gasteiger partial charge < -0.3 is 15.0 Å². The second-order valence-corrected chi connectivity index (χ2v) is 5.07. The van der Waals surface area contributed by atoms with Crippen LogP contribution in [-0.2, 0) is 4.79 Å². The van der Waals surface area contributed by atoms with Crippen molar-refractivity contribution in [2.24, 2.45) is 0 Å². The van der Waals surface area contributed by atoms with Crippen LogP contribution in [0.3, 0.4) is 0 Å². The van der Waals surface area contributed by atoms with Crippen molar-refractivity contribution < 1.29 is 14.3 Å². The number of likely N-dealkylation sites (tertiary alicyclic amines) is 1. The van der Waals surface area contributed by atoms with Crippen LogP contribution in [-0.4, -0.2) is 47.4 Å². The second kappa shape index (κ2) is 7.06. The minimum atomic E-state index is -0.133. The van der Waals surface area contributed by atoms with Crippen LogP contribution in [0.2, 0.25) is 0 Å². The van der Waals surface area contributed by atoms with Crippen molar-refractivity contribution in [2.45, 2.75) is 32.7 Å². The summed E-state index contributed by atoms with van der Waals surface area (Å²) in [7, 11) is 0. The standard InChI is InChI=1S/C15H21N3O3/c1-3-21-14-5-4-12(10-16-14)15(20)17-13-6-8-18(9-7-13)11(2)19/h4-5,10,13H,3,6-9H2,1-2H3,(H,17,20). The number of amides is 2. The third kappa shape index (κ3) is 4.18. The van der Waals surface area contributed by atoms with Crippen LogP contribution < -0.4 is 10.1 Å². The fourth-order valence-electron chi connectivity index (χ4n) is 2.36. The van der Waals surface area contributed by atoms with E-state index in [1.54, 1.807) is 24.0 Å². The molecule has 0 spiro atoms. The zero-order chi connectivity index (χ0) is 15.2. The summed E-state index contributed by atoms with van der Waals surface area (Å²) >= 11 is 0. The molecule has 0 atom stereocenters. The van der Waals surface area contributed by atoms with Crippen LogP contribution in [0.25, 0.3) is 0 Å². The summed E-state index contributed by atoms with van der Waals surface area (Å²) in [6.45, 7) is 5.40. The molecule has 1 aromatic rings. The van der Waals surface area contributed by atoms with Gasteiger partial charge >= 0.3 is 0 Å². The number of carbonyl (C=O) groups excluding carboxylic acids is 2. The molecule has 0 radical (unpaired) electrons. The van der Waals surface area contributed by atoms with Gasteiger partial charge in [-0.1, -0.05) is 0 Å². The van der Waals surface area contributed by atoms with E-state index in [0.29, 0.717) is 31.1 Å². The first-order valence-electron chi connectivity index (χ1n) is 7.25. The summed E-state index contributed by atoms with van der Waals surface area (Å²) < 4.78 is 5.24. The number of nitrogens with zero attached hydrogens (tertiary/aromatic N) is 2. The smallest absolute Gasteiger partial charge is 0.253 e. The molecule has 0 saturated carbocycles. The van der Waals surface area contributed by atoms with Crippen molar-refractivity contribution in [2.75, 3.05) is 19.7 Å². The number of rotatable bonds is 4. The minimum Gasteiger partial charge on any atom is -0.478 e. The number of hydrogen-bond acceptors (Lipinski definition) is 4. The monoisotopic (exact) mass is 291 g/mol. The van der Waals surface area contributed by atoms with Gasteiger partial charge in [0.15, 0.2) is 0 Å². The molecule has 6 heteroatoms. The van der Waals surface area contributed by atoms with E-state index < -0.39 is 0 Å². The molecule has 2 amide bonds. The molecule has 1 aliphatic rings. The first-order valence-corrected chi connectivity index (χ1v) is 7.25. The summed E-state index contributed by atoms with van der Waals surface area (Å²) in [5.74, 6) is 0.478. The fourth-order valence-corrected chi connectivity index (χ4v) is 2.36. The minimum absolute atomic E-state index is 0.0930. The normalized spacial score (nSPS) is 15.6. The van der Waals surface area contributed by atoms with Gasteiger partial charge in [-0.3, -0.25) is 9.59 Å². The summed E-state index contributed by atoms with van der Waals surface area (Å²) in [6, 6.07) is 3.51. The molecule has 0 unspecified atom stereocenters. The van der Waals surface area contributed by atoms with Crippen LogP contribution >= 0.6 is 0 Å². The van der Waals surface area contributed by atoms with E-state index in [4.69, 9.17) is 4.74 Å². The number of nitrogens with one attached hydrogen (secondary N) is 1. The van der Waals surface area contributed by atoms with Crippen LogP contribution in [0, 0.1) is 0 Å². The highest BCUT2D eigenvalue weighted by Gasteiger charge is 2.22. The maximum atomic E-state index is 12.1. The van der Waals surface area contributed by atoms with E-state index in [0.717, 1.165) is 12.8 Å². The van der Waals surface area contributed by atoms with Crippen LogP contribution in [0.1, 0.15) is 37.0 Å². The Labute approximate surface area is 124 Å². The number of carbonyl (C=O) groups is 2. The molecule has 1 N–H and O–H groups in total. The molecule has 1 saturated heterocycles. The summed E-state index contributed by atoms with van der Waals surface area (Å²) in [4.78, 5) is 29.3. The third-order valence-corrected chi connectivity index (χ3v) is 3.57. The largest absolute Gasteiger partial charge is 0.478 e. The maximum absolute atomic E-state index is 12.1. The third-order valence-electron chi connectivity index (χ3n) is 3.57. The SMILES string of the molecule is CCOc1ccc(C(=O)NC2CCN(C(C)=O)CC2)cn1. The lowest BCUT2D eigenvalue weighted by Gasteiger charge is -2.31. The van der Waals surface area contributed by atoms with Gasteiger partial charge in [-0.15, -0.1) is 0 Å².